The zero-order chi connectivity index (χ0) is 9.19. The van der Waals surface area contributed by atoms with Crippen LogP contribution in [0, 0.1) is 5.92 Å². The van der Waals surface area contributed by atoms with Gasteiger partial charge in [-0.1, -0.05) is 6.92 Å². The second kappa shape index (κ2) is 5.95. The summed E-state index contributed by atoms with van der Waals surface area (Å²) in [6.45, 7) is 2.05. The van der Waals surface area contributed by atoms with Crippen LogP contribution >= 0.6 is 11.8 Å². The molecule has 1 rings (SSSR count). The Morgan fingerprint density at radius 3 is 2.54 bits per heavy atom. The van der Waals surface area contributed by atoms with Crippen LogP contribution in [0.25, 0.3) is 0 Å². The molecular weight excluding hydrogens is 221 g/mol. The van der Waals surface area contributed by atoms with Gasteiger partial charge in [0.1, 0.15) is 0 Å². The van der Waals surface area contributed by atoms with Gasteiger partial charge in [0.05, 0.1) is 0 Å². The summed E-state index contributed by atoms with van der Waals surface area (Å²) >= 11 is 1.69. The van der Waals surface area contributed by atoms with Crippen LogP contribution in [-0.4, -0.2) is 30.5 Å². The number of nitrogens with one attached hydrogen (secondary N) is 1. The first-order valence-corrected chi connectivity index (χ1v) is 6.34. The van der Waals surface area contributed by atoms with Gasteiger partial charge in [-0.2, -0.15) is 11.8 Å². The summed E-state index contributed by atoms with van der Waals surface area (Å²) in [6.07, 6.45) is 0.772. The standard InChI is InChI=1S/C6H13NO3S2.Na/c1-5-2-6(4-11-3-5)7-12(8,9)10;/h5-7H,2-4H2,1H3,(H,8,9,10);/q;+1/p-1. The van der Waals surface area contributed by atoms with Crippen molar-refractivity contribution in [2.24, 2.45) is 5.92 Å². The number of hydrogen-bond acceptors (Lipinski definition) is 4. The van der Waals surface area contributed by atoms with Crippen molar-refractivity contribution in [3.8, 4) is 0 Å². The fraction of sp³-hybridized carbons (Fsp3) is 1.00. The minimum Gasteiger partial charge on any atom is -0.735 e. The van der Waals surface area contributed by atoms with Gasteiger partial charge in [0.2, 0.25) is 0 Å². The maximum absolute atomic E-state index is 10.3. The third kappa shape index (κ3) is 6.33. The minimum atomic E-state index is -4.26. The largest absolute Gasteiger partial charge is 1.00 e. The van der Waals surface area contributed by atoms with Crippen molar-refractivity contribution < 1.29 is 42.5 Å². The SMILES string of the molecule is CC1CSCC(NS(=O)(=O)[O-])C1.[Na+]. The molecule has 0 saturated carbocycles. The number of hydrogen-bond donors (Lipinski definition) is 1. The van der Waals surface area contributed by atoms with Gasteiger partial charge in [-0.3, -0.25) is 0 Å². The van der Waals surface area contributed by atoms with Gasteiger partial charge in [-0.25, -0.2) is 13.1 Å². The molecule has 1 heterocycles. The average Bonchev–Trinajstić information content (AvgIpc) is 1.82. The van der Waals surface area contributed by atoms with Crippen molar-refractivity contribution in [2.75, 3.05) is 11.5 Å². The predicted octanol–water partition coefficient (Wildman–Crippen LogP) is -2.82. The third-order valence-corrected chi connectivity index (χ3v) is 3.78. The van der Waals surface area contributed by atoms with Gasteiger partial charge in [0.25, 0.3) is 0 Å². The van der Waals surface area contributed by atoms with E-state index in [0.29, 0.717) is 11.7 Å². The fourth-order valence-electron chi connectivity index (χ4n) is 1.32. The van der Waals surface area contributed by atoms with Crippen LogP contribution in [0.15, 0.2) is 0 Å². The quantitative estimate of drug-likeness (QED) is 0.413. The molecule has 2 unspecified atom stereocenters. The van der Waals surface area contributed by atoms with Crippen LogP contribution in [0.5, 0.6) is 0 Å². The summed E-state index contributed by atoms with van der Waals surface area (Å²) < 4.78 is 33.1. The maximum Gasteiger partial charge on any atom is 1.00 e. The Bertz CT molecular complexity index is 244. The van der Waals surface area contributed by atoms with Gasteiger partial charge >= 0.3 is 29.6 Å². The zero-order valence-electron chi connectivity index (χ0n) is 7.82. The van der Waals surface area contributed by atoms with Crippen molar-refractivity contribution in [1.82, 2.24) is 4.72 Å². The molecule has 1 aliphatic heterocycles. The van der Waals surface area contributed by atoms with Crippen LogP contribution in [0.1, 0.15) is 13.3 Å². The van der Waals surface area contributed by atoms with Crippen molar-refractivity contribution >= 4 is 22.1 Å². The normalized spacial score (nSPS) is 29.4. The van der Waals surface area contributed by atoms with Gasteiger partial charge in [-0.15, -0.1) is 0 Å². The molecule has 0 amide bonds. The molecule has 72 valence electrons. The number of rotatable bonds is 2. The Hall–Kier alpha value is 1.22. The zero-order valence-corrected chi connectivity index (χ0v) is 11.5. The van der Waals surface area contributed by atoms with E-state index in [-0.39, 0.29) is 35.6 Å². The molecular formula is C6H12NNaO3S2. The van der Waals surface area contributed by atoms with E-state index >= 15 is 0 Å². The molecule has 1 fully saturated rings. The van der Waals surface area contributed by atoms with E-state index in [2.05, 4.69) is 11.6 Å². The first-order valence-electron chi connectivity index (χ1n) is 3.78. The Labute approximate surface area is 105 Å². The summed E-state index contributed by atoms with van der Waals surface area (Å²) in [7, 11) is -4.26. The molecule has 2 atom stereocenters. The summed E-state index contributed by atoms with van der Waals surface area (Å²) in [5, 5.41) is 0. The van der Waals surface area contributed by atoms with Crippen LogP contribution in [0.3, 0.4) is 0 Å². The van der Waals surface area contributed by atoms with E-state index in [1.54, 1.807) is 11.8 Å². The Balaban J connectivity index is 0.00000144. The van der Waals surface area contributed by atoms with Crippen molar-refractivity contribution in [3.05, 3.63) is 0 Å². The van der Waals surface area contributed by atoms with Crippen molar-refractivity contribution in [3.63, 3.8) is 0 Å². The Kier molecular flexibility index (Phi) is 6.50. The average molecular weight is 233 g/mol. The van der Waals surface area contributed by atoms with E-state index in [1.807, 2.05) is 0 Å². The maximum atomic E-state index is 10.3. The molecule has 1 N–H and O–H groups in total. The molecule has 4 nitrogen and oxygen atoms in total. The molecule has 1 aliphatic rings. The van der Waals surface area contributed by atoms with E-state index in [1.165, 1.54) is 0 Å². The molecule has 0 aromatic rings. The molecule has 0 radical (unpaired) electrons. The van der Waals surface area contributed by atoms with E-state index in [4.69, 9.17) is 0 Å². The Morgan fingerprint density at radius 1 is 1.46 bits per heavy atom. The third-order valence-electron chi connectivity index (χ3n) is 1.72. The molecule has 1 saturated heterocycles. The molecule has 0 aromatic heterocycles. The van der Waals surface area contributed by atoms with Crippen LogP contribution < -0.4 is 34.3 Å². The minimum absolute atomic E-state index is 0. The van der Waals surface area contributed by atoms with E-state index < -0.39 is 10.3 Å². The van der Waals surface area contributed by atoms with E-state index in [0.717, 1.165) is 12.2 Å². The smallest absolute Gasteiger partial charge is 0.735 e. The van der Waals surface area contributed by atoms with Gasteiger partial charge in [-0.05, 0) is 18.1 Å². The molecule has 7 heteroatoms. The molecule has 0 aliphatic carbocycles. The molecule has 0 bridgehead atoms. The monoisotopic (exact) mass is 233 g/mol. The first-order chi connectivity index (χ1) is 5.47. The predicted molar refractivity (Wildman–Crippen MR) is 47.7 cm³/mol. The van der Waals surface area contributed by atoms with Gasteiger partial charge in [0.15, 0.2) is 10.3 Å². The summed E-state index contributed by atoms with van der Waals surface area (Å²) in [6, 6.07) is -0.166. The van der Waals surface area contributed by atoms with Gasteiger partial charge in [0, 0.05) is 11.8 Å². The van der Waals surface area contributed by atoms with Crippen LogP contribution in [0.4, 0.5) is 0 Å². The summed E-state index contributed by atoms with van der Waals surface area (Å²) in [5.41, 5.74) is 0. The summed E-state index contributed by atoms with van der Waals surface area (Å²) in [5.74, 6) is 2.26. The summed E-state index contributed by atoms with van der Waals surface area (Å²) in [4.78, 5) is 0. The van der Waals surface area contributed by atoms with Crippen molar-refractivity contribution in [1.29, 1.82) is 0 Å². The molecule has 0 spiro atoms. The second-order valence-electron chi connectivity index (χ2n) is 3.15. The van der Waals surface area contributed by atoms with Crippen LogP contribution in [0.2, 0.25) is 0 Å². The van der Waals surface area contributed by atoms with Gasteiger partial charge < -0.3 is 4.55 Å². The topological polar surface area (TPSA) is 69.2 Å². The molecule has 0 aromatic carbocycles. The van der Waals surface area contributed by atoms with E-state index in [9.17, 15) is 13.0 Å². The Morgan fingerprint density at radius 2 is 2.08 bits per heavy atom. The number of thioether (sulfide) groups is 1. The van der Waals surface area contributed by atoms with Crippen molar-refractivity contribution in [2.45, 2.75) is 19.4 Å². The van der Waals surface area contributed by atoms with Crippen LogP contribution in [-0.2, 0) is 10.3 Å². The molecule has 13 heavy (non-hydrogen) atoms. The fourth-order valence-corrected chi connectivity index (χ4v) is 3.19. The first kappa shape index (κ1) is 14.2. The second-order valence-corrected chi connectivity index (χ2v) is 5.37.